The Morgan fingerprint density at radius 3 is 2.55 bits per heavy atom. The Kier molecular flexibility index (Phi) is 5.83. The average Bonchev–Trinajstić information content (AvgIpc) is 3.01. The van der Waals surface area contributed by atoms with Gasteiger partial charge in [-0.05, 0) is 73.1 Å². The summed E-state index contributed by atoms with van der Waals surface area (Å²) in [4.78, 5) is 9.39. The molecule has 0 unspecified atom stereocenters. The predicted molar refractivity (Wildman–Crippen MR) is 125 cm³/mol. The Labute approximate surface area is 188 Å². The molecule has 2 heterocycles. The monoisotopic (exact) mass is 436 g/mol. The number of hydrogen-bond donors (Lipinski definition) is 0. The minimum Gasteiger partial charge on any atom is -0.710 e. The SMILES string of the molecule is CN1CCN(Cc2nc3ccc(Cl)cc3c(-c3ccc4c(c3)CCCCC4)[n+]2[O-])CC1. The van der Waals surface area contributed by atoms with E-state index in [1.54, 1.807) is 0 Å². The number of rotatable bonds is 3. The largest absolute Gasteiger partial charge is 0.710 e. The van der Waals surface area contributed by atoms with Crippen molar-refractivity contribution in [3.05, 3.63) is 63.6 Å². The molecular formula is C25H29ClN4O. The van der Waals surface area contributed by atoms with Gasteiger partial charge in [-0.1, -0.05) is 30.2 Å². The van der Waals surface area contributed by atoms with Crippen molar-refractivity contribution in [1.82, 2.24) is 14.8 Å². The van der Waals surface area contributed by atoms with Gasteiger partial charge in [-0.2, -0.15) is 0 Å². The fourth-order valence-corrected chi connectivity index (χ4v) is 5.03. The first-order valence-corrected chi connectivity index (χ1v) is 11.7. The molecule has 0 radical (unpaired) electrons. The van der Waals surface area contributed by atoms with E-state index < -0.39 is 0 Å². The van der Waals surface area contributed by atoms with Gasteiger partial charge >= 0.3 is 5.82 Å². The van der Waals surface area contributed by atoms with E-state index in [9.17, 15) is 5.21 Å². The highest BCUT2D eigenvalue weighted by molar-refractivity contribution is 6.31. The molecule has 5 rings (SSSR count). The van der Waals surface area contributed by atoms with Crippen molar-refractivity contribution in [3.8, 4) is 11.3 Å². The van der Waals surface area contributed by atoms with E-state index in [4.69, 9.17) is 16.6 Å². The number of aryl methyl sites for hydroxylation is 2. The molecule has 0 amide bonds. The van der Waals surface area contributed by atoms with Crippen molar-refractivity contribution in [2.75, 3.05) is 33.2 Å². The molecule has 3 aromatic rings. The standard InChI is InChI=1S/C25H29ClN4O/c1-28-11-13-29(14-12-28)17-24-27-23-10-9-21(26)16-22(23)25(30(24)31)20-8-7-18-5-3-2-4-6-19(18)15-20/h7-10,15-16H,2-6,11-14,17H2,1H3. The van der Waals surface area contributed by atoms with Gasteiger partial charge in [0.2, 0.25) is 0 Å². The number of piperazine rings is 1. The lowest BCUT2D eigenvalue weighted by Crippen LogP contribution is -2.47. The zero-order valence-electron chi connectivity index (χ0n) is 18.1. The first-order valence-electron chi connectivity index (χ1n) is 11.3. The Balaban J connectivity index is 1.61. The molecule has 5 nitrogen and oxygen atoms in total. The quantitative estimate of drug-likeness (QED) is 0.350. The van der Waals surface area contributed by atoms with Gasteiger partial charge in [0.05, 0.1) is 5.39 Å². The summed E-state index contributed by atoms with van der Waals surface area (Å²) in [5.41, 5.74) is 5.26. The normalized spacial score (nSPS) is 18.1. The van der Waals surface area contributed by atoms with Gasteiger partial charge in [0.15, 0.2) is 5.52 Å². The van der Waals surface area contributed by atoms with Gasteiger partial charge in [-0.3, -0.25) is 4.90 Å². The van der Waals surface area contributed by atoms with Crippen LogP contribution in [0.2, 0.25) is 5.02 Å². The Bertz CT molecular complexity index is 1110. The third-order valence-electron chi connectivity index (χ3n) is 6.73. The van der Waals surface area contributed by atoms with Crippen molar-refractivity contribution in [3.63, 3.8) is 0 Å². The molecule has 0 atom stereocenters. The molecule has 1 fully saturated rings. The highest BCUT2D eigenvalue weighted by Crippen LogP contribution is 2.31. The van der Waals surface area contributed by atoms with Gasteiger partial charge in [0.25, 0.3) is 0 Å². The lowest BCUT2D eigenvalue weighted by Gasteiger charge is -2.31. The van der Waals surface area contributed by atoms with E-state index in [0.29, 0.717) is 23.1 Å². The van der Waals surface area contributed by atoms with Crippen molar-refractivity contribution in [2.45, 2.75) is 38.6 Å². The molecule has 2 aliphatic rings. The zero-order chi connectivity index (χ0) is 21.4. The van der Waals surface area contributed by atoms with Crippen LogP contribution in [-0.4, -0.2) is 48.0 Å². The maximum Gasteiger partial charge on any atom is 0.316 e. The summed E-state index contributed by atoms with van der Waals surface area (Å²) in [5.74, 6) is 0.560. The number of benzene rings is 2. The van der Waals surface area contributed by atoms with Gasteiger partial charge < -0.3 is 10.1 Å². The zero-order valence-corrected chi connectivity index (χ0v) is 18.9. The van der Waals surface area contributed by atoms with E-state index in [2.05, 4.69) is 35.0 Å². The van der Waals surface area contributed by atoms with E-state index in [-0.39, 0.29) is 0 Å². The average molecular weight is 437 g/mol. The highest BCUT2D eigenvalue weighted by Gasteiger charge is 2.24. The van der Waals surface area contributed by atoms with Crippen LogP contribution in [-0.2, 0) is 19.4 Å². The van der Waals surface area contributed by atoms with Crippen LogP contribution in [0.4, 0.5) is 0 Å². The van der Waals surface area contributed by atoms with Crippen LogP contribution in [0.3, 0.4) is 0 Å². The van der Waals surface area contributed by atoms with Crippen molar-refractivity contribution in [2.24, 2.45) is 0 Å². The van der Waals surface area contributed by atoms with Gasteiger partial charge in [-0.25, -0.2) is 4.73 Å². The molecule has 1 saturated heterocycles. The number of fused-ring (bicyclic) bond motifs is 2. The summed E-state index contributed by atoms with van der Waals surface area (Å²) < 4.78 is 1.05. The number of halogens is 1. The predicted octanol–water partition coefficient (Wildman–Crippen LogP) is 4.20. The van der Waals surface area contributed by atoms with Crippen LogP contribution in [0.1, 0.15) is 36.2 Å². The minimum absolute atomic E-state index is 0.560. The number of likely N-dealkylation sites (N-methyl/N-ethyl adjacent to an activating group) is 1. The lowest BCUT2D eigenvalue weighted by molar-refractivity contribution is -0.606. The molecule has 0 N–H and O–H groups in total. The van der Waals surface area contributed by atoms with Gasteiger partial charge in [-0.15, -0.1) is 0 Å². The first kappa shape index (κ1) is 20.7. The topological polar surface area (TPSA) is 46.3 Å². The third kappa shape index (κ3) is 4.27. The Morgan fingerprint density at radius 1 is 0.968 bits per heavy atom. The fraction of sp³-hybridized carbons (Fsp3) is 0.440. The molecule has 31 heavy (non-hydrogen) atoms. The van der Waals surface area contributed by atoms with Crippen LogP contribution in [0.5, 0.6) is 0 Å². The molecular weight excluding hydrogens is 408 g/mol. The van der Waals surface area contributed by atoms with Gasteiger partial charge in [0.1, 0.15) is 12.2 Å². The molecule has 162 valence electrons. The highest BCUT2D eigenvalue weighted by atomic mass is 35.5. The fourth-order valence-electron chi connectivity index (χ4n) is 4.85. The molecule has 1 aliphatic carbocycles. The lowest BCUT2D eigenvalue weighted by atomic mass is 9.97. The van der Waals surface area contributed by atoms with Crippen LogP contribution < -0.4 is 4.73 Å². The second kappa shape index (κ2) is 8.73. The molecule has 0 bridgehead atoms. The van der Waals surface area contributed by atoms with E-state index >= 15 is 0 Å². The Morgan fingerprint density at radius 2 is 1.74 bits per heavy atom. The van der Waals surface area contributed by atoms with Crippen molar-refractivity contribution < 1.29 is 4.73 Å². The van der Waals surface area contributed by atoms with E-state index in [1.165, 1.54) is 30.4 Å². The van der Waals surface area contributed by atoms with E-state index in [1.807, 2.05) is 18.2 Å². The summed E-state index contributed by atoms with van der Waals surface area (Å²) in [6.07, 6.45) is 5.95. The maximum atomic E-state index is 13.6. The molecule has 6 heteroatoms. The summed E-state index contributed by atoms with van der Waals surface area (Å²) in [6, 6.07) is 12.2. The van der Waals surface area contributed by atoms with Crippen LogP contribution in [0.15, 0.2) is 36.4 Å². The molecule has 0 spiro atoms. The smallest absolute Gasteiger partial charge is 0.316 e. The third-order valence-corrected chi connectivity index (χ3v) is 6.97. The van der Waals surface area contributed by atoms with Gasteiger partial charge in [0, 0.05) is 36.8 Å². The van der Waals surface area contributed by atoms with Crippen LogP contribution in [0, 0.1) is 5.21 Å². The number of nitrogens with zero attached hydrogens (tertiary/aromatic N) is 4. The number of aromatic nitrogens is 2. The summed E-state index contributed by atoms with van der Waals surface area (Å²) >= 11 is 6.32. The maximum absolute atomic E-state index is 13.6. The summed E-state index contributed by atoms with van der Waals surface area (Å²) in [6.45, 7) is 4.49. The molecule has 1 aliphatic heterocycles. The molecule has 2 aromatic carbocycles. The van der Waals surface area contributed by atoms with Crippen LogP contribution in [0.25, 0.3) is 22.2 Å². The Hall–Kier alpha value is -2.21. The number of hydrogen-bond acceptors (Lipinski definition) is 4. The second-order valence-corrected chi connectivity index (χ2v) is 9.39. The summed E-state index contributed by atoms with van der Waals surface area (Å²) in [7, 11) is 2.14. The summed E-state index contributed by atoms with van der Waals surface area (Å²) in [5, 5.41) is 15.1. The molecule has 1 aromatic heterocycles. The van der Waals surface area contributed by atoms with Crippen molar-refractivity contribution >= 4 is 22.5 Å². The van der Waals surface area contributed by atoms with E-state index in [0.717, 1.165) is 60.2 Å². The van der Waals surface area contributed by atoms with Crippen molar-refractivity contribution in [1.29, 1.82) is 0 Å². The first-order chi connectivity index (χ1) is 15.1. The second-order valence-electron chi connectivity index (χ2n) is 8.96. The van der Waals surface area contributed by atoms with Crippen LogP contribution >= 0.6 is 11.6 Å². The minimum atomic E-state index is 0.560. The molecule has 0 saturated carbocycles.